The maximum absolute atomic E-state index is 12.8. The highest BCUT2D eigenvalue weighted by Crippen LogP contribution is 2.46. The lowest BCUT2D eigenvalue weighted by atomic mass is 9.84. The lowest BCUT2D eigenvalue weighted by Gasteiger charge is -2.29. The number of imidazole rings is 2. The van der Waals surface area contributed by atoms with Gasteiger partial charge in [-0.15, -0.1) is 11.6 Å². The first-order chi connectivity index (χ1) is 43.6. The van der Waals surface area contributed by atoms with Gasteiger partial charge in [0.05, 0.1) is 39.6 Å². The predicted molar refractivity (Wildman–Crippen MR) is 340 cm³/mol. The van der Waals surface area contributed by atoms with Crippen LogP contribution in [0.25, 0.3) is 22.3 Å². The van der Waals surface area contributed by atoms with E-state index in [2.05, 4.69) is 40.5 Å². The van der Waals surface area contributed by atoms with Gasteiger partial charge in [0.25, 0.3) is 0 Å². The number of aliphatic hydroxyl groups is 1. The summed E-state index contributed by atoms with van der Waals surface area (Å²) in [6.07, 6.45) is 2.36. The minimum Gasteiger partial charge on any atom is -0.497 e. The van der Waals surface area contributed by atoms with Crippen LogP contribution < -0.4 is 20.1 Å². The second-order valence-electron chi connectivity index (χ2n) is 22.5. The molecule has 4 amide bonds. The minimum atomic E-state index is -0.778. The summed E-state index contributed by atoms with van der Waals surface area (Å²) in [7, 11) is 3.31. The summed E-state index contributed by atoms with van der Waals surface area (Å²) >= 11 is 7.22. The number of hydrogen-bond donors (Lipinski definition) is 3. The second-order valence-corrected chi connectivity index (χ2v) is 23.1. The van der Waals surface area contributed by atoms with E-state index in [-0.39, 0.29) is 55.9 Å². The zero-order chi connectivity index (χ0) is 63.2. The number of aromatic nitrogens is 8. The zero-order valence-electron chi connectivity index (χ0n) is 50.6. The first-order valence-electron chi connectivity index (χ1n) is 29.6. The molecular weight excluding hydrogens is 1180 g/mol. The summed E-state index contributed by atoms with van der Waals surface area (Å²) < 4.78 is 37.9. The SMILES string of the molecule is C.CC(C)C(=O)Nc1ncnc2c1ncn2[C@@H]1O[C@H](CO)[C@@H]2[C@H]1OC(=O)N2Cc1ccccc1.CC[C@H]1O[C@@H](n2cnc3c(NC(=O)C(C)C)ncnc32)[C@@H]2OC(=O)N(Cc3ccccc3)[C@@H]21.COc1ccc(C(Cl)(c2ccccc2)c2ccc(OC)cc2)cc1. The maximum atomic E-state index is 12.8. The fourth-order valence-electron chi connectivity index (χ4n) is 11.5. The highest BCUT2D eigenvalue weighted by atomic mass is 35.5. The van der Waals surface area contributed by atoms with E-state index in [4.69, 9.17) is 40.0 Å². The lowest BCUT2D eigenvalue weighted by Crippen LogP contribution is -2.42. The number of carbonyl (C=O) groups is 4. The molecule has 9 aromatic rings. The number of ether oxygens (including phenoxy) is 6. The van der Waals surface area contributed by atoms with Gasteiger partial charge in [0.15, 0.2) is 58.6 Å². The van der Waals surface area contributed by atoms with E-state index in [1.54, 1.807) is 67.2 Å². The Morgan fingerprint density at radius 1 is 0.571 bits per heavy atom. The molecule has 4 aliphatic rings. The van der Waals surface area contributed by atoms with E-state index in [0.717, 1.165) is 45.7 Å². The number of hydrogen-bond acceptors (Lipinski definition) is 17. The second kappa shape index (κ2) is 28.1. The van der Waals surface area contributed by atoms with Crippen LogP contribution in [0, 0.1) is 11.8 Å². The fraction of sp³-hybridized carbons (Fsp3) is 0.343. The van der Waals surface area contributed by atoms with Gasteiger partial charge in [-0.25, -0.2) is 39.5 Å². The van der Waals surface area contributed by atoms with Crippen LogP contribution in [0.2, 0.25) is 0 Å². The molecule has 24 heteroatoms. The molecule has 5 aromatic carbocycles. The molecule has 4 fully saturated rings. The average molecular weight is 1260 g/mol. The Kier molecular flexibility index (Phi) is 19.9. The number of nitrogens with one attached hydrogen (secondary N) is 2. The van der Waals surface area contributed by atoms with Crippen LogP contribution in [0.4, 0.5) is 21.2 Å². The summed E-state index contributed by atoms with van der Waals surface area (Å²) in [5.74, 6) is 1.47. The van der Waals surface area contributed by atoms with Crippen LogP contribution in [-0.4, -0.2) is 135 Å². The number of aliphatic hydroxyl groups excluding tert-OH is 1. The summed E-state index contributed by atoms with van der Waals surface area (Å²) in [5.41, 5.74) is 6.73. The van der Waals surface area contributed by atoms with E-state index in [1.165, 1.54) is 19.0 Å². The van der Waals surface area contributed by atoms with E-state index >= 15 is 0 Å². The van der Waals surface area contributed by atoms with Gasteiger partial charge in [0, 0.05) is 24.9 Å². The highest BCUT2D eigenvalue weighted by molar-refractivity contribution is 6.28. The van der Waals surface area contributed by atoms with Crippen LogP contribution in [-0.2, 0) is 46.5 Å². The van der Waals surface area contributed by atoms with Crippen LogP contribution in [0.3, 0.4) is 0 Å². The smallest absolute Gasteiger partial charge is 0.411 e. The van der Waals surface area contributed by atoms with Gasteiger partial charge in [0.1, 0.15) is 47.2 Å². The van der Waals surface area contributed by atoms with Crippen molar-refractivity contribution in [2.75, 3.05) is 31.5 Å². The zero-order valence-corrected chi connectivity index (χ0v) is 51.3. The molecule has 0 saturated carbocycles. The van der Waals surface area contributed by atoms with Crippen molar-refractivity contribution in [2.24, 2.45) is 11.8 Å². The van der Waals surface area contributed by atoms with E-state index < -0.39 is 47.8 Å². The molecule has 0 aliphatic carbocycles. The largest absolute Gasteiger partial charge is 0.497 e. The molecule has 0 radical (unpaired) electrons. The molecule has 0 unspecified atom stereocenters. The van der Waals surface area contributed by atoms with Gasteiger partial charge < -0.3 is 44.2 Å². The molecule has 474 valence electrons. The number of carbonyl (C=O) groups excluding carboxylic acids is 4. The van der Waals surface area contributed by atoms with Crippen molar-refractivity contribution in [1.29, 1.82) is 0 Å². The summed E-state index contributed by atoms with van der Waals surface area (Å²) in [6.45, 7) is 9.71. The van der Waals surface area contributed by atoms with Gasteiger partial charge in [-0.3, -0.25) is 28.5 Å². The van der Waals surface area contributed by atoms with Crippen molar-refractivity contribution in [3.05, 3.63) is 193 Å². The van der Waals surface area contributed by atoms with Gasteiger partial charge in [-0.05, 0) is 58.5 Å². The van der Waals surface area contributed by atoms with E-state index in [1.807, 2.05) is 146 Å². The standard InChI is InChI=1S/C23H26N6O4.C22H24N6O5.C21H19ClO2.CH4/c1-4-15-17-18(33-23(31)28(17)10-14-8-6-5-7-9-14)22(32-15)29-12-26-16-19(24-11-25-20(16)29)27-21(30)13(2)3;1-12(2)20(30)26-18-15-19(24-10-23-18)28(11-25-15)21-17-16(14(9-29)32-21)27(22(31)33-17)8-13-6-4-3-5-7-13;1-23-19-12-8-17(9-13-19)21(22,16-6-4-3-5-7-16)18-10-14-20(24-2)15-11-18;/h5-9,11-13,15,17-18,22H,4,10H2,1-3H3,(H,24,25,27,30);3-7,10-12,14,16-17,21,29H,8-9H2,1-2H3,(H,23,24,26,30);3-15H,1-2H3;1H4/t15-,17-,18-,22-;14-,16-,17-,21-;;/m11../s1. The van der Waals surface area contributed by atoms with Crippen molar-refractivity contribution in [2.45, 2.75) is 115 Å². The maximum Gasteiger partial charge on any atom is 0.411 e. The molecule has 4 aliphatic heterocycles. The molecule has 4 saturated heterocycles. The Morgan fingerprint density at radius 3 is 1.34 bits per heavy atom. The molecule has 8 heterocycles. The topological polar surface area (TPSA) is 262 Å². The van der Waals surface area contributed by atoms with Crippen LogP contribution in [0.15, 0.2) is 165 Å². The monoisotopic (exact) mass is 1260 g/mol. The number of benzene rings is 5. The van der Waals surface area contributed by atoms with Crippen molar-refractivity contribution in [3.8, 4) is 11.5 Å². The van der Waals surface area contributed by atoms with Crippen molar-refractivity contribution in [3.63, 3.8) is 0 Å². The molecule has 13 rings (SSSR count). The van der Waals surface area contributed by atoms with Crippen molar-refractivity contribution >= 4 is 69.6 Å². The first kappa shape index (κ1) is 64.4. The van der Waals surface area contributed by atoms with E-state index in [0.29, 0.717) is 47.1 Å². The Labute approximate surface area is 531 Å². The quantitative estimate of drug-likeness (QED) is 0.0565. The summed E-state index contributed by atoms with van der Waals surface area (Å²) in [6, 6.07) is 44.5. The number of halogens is 1. The third kappa shape index (κ3) is 13.1. The molecule has 23 nitrogen and oxygen atoms in total. The average Bonchev–Trinajstić information content (AvgIpc) is 1.56. The molecule has 3 N–H and O–H groups in total. The van der Waals surface area contributed by atoms with Gasteiger partial charge in [-0.2, -0.15) is 0 Å². The summed E-state index contributed by atoms with van der Waals surface area (Å²) in [5, 5.41) is 15.5. The molecular formula is C67H73ClN12O11. The number of fused-ring (bicyclic) bond motifs is 4. The van der Waals surface area contributed by atoms with Gasteiger partial charge in [0.2, 0.25) is 11.8 Å². The third-order valence-corrected chi connectivity index (χ3v) is 16.9. The van der Waals surface area contributed by atoms with Gasteiger partial charge in [-0.1, -0.05) is 157 Å². The predicted octanol–water partition coefficient (Wildman–Crippen LogP) is 10.7. The minimum absolute atomic E-state index is 0. The van der Waals surface area contributed by atoms with Crippen molar-refractivity contribution < 1.29 is 52.7 Å². The first-order valence-corrected chi connectivity index (χ1v) is 30.0. The Bertz CT molecular complexity index is 3720. The summed E-state index contributed by atoms with van der Waals surface area (Å²) in [4.78, 5) is 78.3. The number of rotatable bonds is 17. The van der Waals surface area contributed by atoms with Crippen molar-refractivity contribution in [1.82, 2.24) is 48.8 Å². The number of nitrogens with zero attached hydrogens (tertiary/aromatic N) is 10. The fourth-order valence-corrected chi connectivity index (χ4v) is 11.9. The molecule has 91 heavy (non-hydrogen) atoms. The van der Waals surface area contributed by atoms with E-state index in [9.17, 15) is 24.3 Å². The van der Waals surface area contributed by atoms with Crippen LogP contribution in [0.5, 0.6) is 11.5 Å². The highest BCUT2D eigenvalue weighted by Gasteiger charge is 2.58. The molecule has 0 spiro atoms. The number of anilines is 2. The molecule has 0 bridgehead atoms. The Balaban J connectivity index is 0.000000151. The number of methoxy groups -OCH3 is 2. The third-order valence-electron chi connectivity index (χ3n) is 16.2. The Hall–Kier alpha value is -9.55. The number of amides is 4. The van der Waals surface area contributed by atoms with Crippen LogP contribution >= 0.6 is 11.6 Å². The normalized spacial score (nSPS) is 20.6. The lowest BCUT2D eigenvalue weighted by molar-refractivity contribution is -0.119. The van der Waals surface area contributed by atoms with Gasteiger partial charge >= 0.3 is 12.2 Å². The molecule has 4 aromatic heterocycles. The number of alkyl halides is 1. The Morgan fingerprint density at radius 2 is 0.956 bits per heavy atom. The molecule has 8 atom stereocenters. The van der Waals surface area contributed by atoms with Crippen LogP contribution in [0.1, 0.15) is 88.7 Å².